The molecule has 5 nitrogen and oxygen atoms in total. The zero-order chi connectivity index (χ0) is 26.7. The molecule has 0 aliphatic carbocycles. The molecule has 1 atom stereocenters. The van der Waals surface area contributed by atoms with E-state index in [4.69, 9.17) is 10.7 Å². The number of aryl methyl sites for hydroxylation is 1. The molecule has 2 aromatic heterocycles. The Hall–Kier alpha value is -3.06. The minimum Gasteiger partial charge on any atom is -0.384 e. The summed E-state index contributed by atoms with van der Waals surface area (Å²) in [6.45, 7) is 16.4. The number of benzene rings is 1. The molecule has 196 valence electrons. The standard InChI is InChI=1S/C30H38FN5S/c1-19(2)10-11-22-14-23(16-24(31)15-22)26-13-12-25(21(4)35-37-28-9-7-8-27(32)34-28)29(33-26)36-18-20(3)17-30(36,5)6/h7-9,12-16,19-20,35H,4,10-11,17-18H2,1-3,5-6H3,(H2,32,34). The molecule has 0 amide bonds. The van der Waals surface area contributed by atoms with Crippen molar-refractivity contribution in [3.05, 3.63) is 72.1 Å². The number of rotatable bonds is 9. The number of hydrogen-bond acceptors (Lipinski definition) is 6. The SMILES string of the molecule is C=C(NSc1cccc(N)n1)c1ccc(-c2cc(F)cc(CCC(C)C)c2)nc1N1CC(C)CC1(C)C. The Morgan fingerprint density at radius 2 is 2.00 bits per heavy atom. The van der Waals surface area contributed by atoms with Crippen molar-refractivity contribution in [1.29, 1.82) is 0 Å². The van der Waals surface area contributed by atoms with E-state index in [0.717, 1.165) is 64.7 Å². The highest BCUT2D eigenvalue weighted by atomic mass is 32.2. The van der Waals surface area contributed by atoms with E-state index in [9.17, 15) is 4.39 Å². The third-order valence-corrected chi connectivity index (χ3v) is 7.60. The molecule has 3 N–H and O–H groups in total. The van der Waals surface area contributed by atoms with Crippen LogP contribution in [0.1, 0.15) is 58.6 Å². The molecule has 1 saturated heterocycles. The van der Waals surface area contributed by atoms with Crippen molar-refractivity contribution in [3.8, 4) is 11.3 Å². The van der Waals surface area contributed by atoms with Crippen molar-refractivity contribution in [2.75, 3.05) is 17.2 Å². The monoisotopic (exact) mass is 519 g/mol. The van der Waals surface area contributed by atoms with Gasteiger partial charge in [0, 0.05) is 40.9 Å². The maximum atomic E-state index is 14.6. The Kier molecular flexibility index (Phi) is 8.12. The van der Waals surface area contributed by atoms with Gasteiger partial charge in [-0.2, -0.15) is 0 Å². The number of anilines is 2. The fourth-order valence-electron chi connectivity index (χ4n) is 5.06. The van der Waals surface area contributed by atoms with Crippen LogP contribution in [-0.2, 0) is 6.42 Å². The van der Waals surface area contributed by atoms with Crippen LogP contribution in [0.25, 0.3) is 17.0 Å². The van der Waals surface area contributed by atoms with Crippen LogP contribution in [0.4, 0.5) is 16.0 Å². The normalized spacial score (nSPS) is 16.8. The molecular weight excluding hydrogens is 481 g/mol. The van der Waals surface area contributed by atoms with E-state index in [-0.39, 0.29) is 11.4 Å². The van der Waals surface area contributed by atoms with Gasteiger partial charge in [0.05, 0.1) is 5.69 Å². The predicted molar refractivity (Wildman–Crippen MR) is 155 cm³/mol. The largest absolute Gasteiger partial charge is 0.384 e. The molecule has 0 saturated carbocycles. The molecule has 3 aromatic rings. The van der Waals surface area contributed by atoms with E-state index in [1.54, 1.807) is 18.2 Å². The molecule has 0 radical (unpaired) electrons. The molecule has 3 heterocycles. The second-order valence-corrected chi connectivity index (χ2v) is 12.0. The molecule has 0 spiro atoms. The first-order chi connectivity index (χ1) is 17.5. The molecule has 0 bridgehead atoms. The molecule has 4 rings (SSSR count). The zero-order valence-electron chi connectivity index (χ0n) is 22.5. The van der Waals surface area contributed by atoms with Crippen LogP contribution in [-0.4, -0.2) is 22.1 Å². The quantitative estimate of drug-likeness (QED) is 0.288. The number of nitrogen functional groups attached to an aromatic ring is 1. The molecule has 1 aliphatic rings. The van der Waals surface area contributed by atoms with Crippen LogP contribution < -0.4 is 15.4 Å². The number of halogens is 1. The minimum atomic E-state index is -0.226. The number of nitrogens with two attached hydrogens (primary N) is 1. The molecule has 1 aromatic carbocycles. The summed E-state index contributed by atoms with van der Waals surface area (Å²) in [6.07, 6.45) is 2.94. The van der Waals surface area contributed by atoms with Gasteiger partial charge in [-0.05, 0) is 93.0 Å². The first kappa shape index (κ1) is 27.0. The summed E-state index contributed by atoms with van der Waals surface area (Å²) in [7, 11) is 0. The smallest absolute Gasteiger partial charge is 0.139 e. The van der Waals surface area contributed by atoms with E-state index >= 15 is 0 Å². The third kappa shape index (κ3) is 6.63. The van der Waals surface area contributed by atoms with Gasteiger partial charge in [0.15, 0.2) is 0 Å². The van der Waals surface area contributed by atoms with Crippen LogP contribution in [0.15, 0.2) is 60.1 Å². The summed E-state index contributed by atoms with van der Waals surface area (Å²) in [4.78, 5) is 11.8. The minimum absolute atomic E-state index is 0.0625. The summed E-state index contributed by atoms with van der Waals surface area (Å²) in [5, 5.41) is 0.760. The fraction of sp³-hybridized carbons (Fsp3) is 0.400. The highest BCUT2D eigenvalue weighted by molar-refractivity contribution is 7.97. The second kappa shape index (κ2) is 11.1. The lowest BCUT2D eigenvalue weighted by Crippen LogP contribution is -2.39. The molecule has 1 fully saturated rings. The van der Waals surface area contributed by atoms with Gasteiger partial charge >= 0.3 is 0 Å². The van der Waals surface area contributed by atoms with Gasteiger partial charge in [0.1, 0.15) is 22.5 Å². The van der Waals surface area contributed by atoms with Crippen molar-refractivity contribution in [3.63, 3.8) is 0 Å². The topological polar surface area (TPSA) is 67.1 Å². The second-order valence-electron chi connectivity index (χ2n) is 11.2. The van der Waals surface area contributed by atoms with Crippen molar-refractivity contribution in [2.24, 2.45) is 11.8 Å². The number of hydrogen-bond donors (Lipinski definition) is 2. The third-order valence-electron chi connectivity index (χ3n) is 6.82. The molecule has 37 heavy (non-hydrogen) atoms. The lowest BCUT2D eigenvalue weighted by Gasteiger charge is -2.34. The average molecular weight is 520 g/mol. The van der Waals surface area contributed by atoms with Crippen LogP contribution in [0, 0.1) is 17.7 Å². The highest BCUT2D eigenvalue weighted by Crippen LogP contribution is 2.40. The van der Waals surface area contributed by atoms with Crippen LogP contribution >= 0.6 is 11.9 Å². The first-order valence-corrected chi connectivity index (χ1v) is 13.8. The van der Waals surface area contributed by atoms with Gasteiger partial charge < -0.3 is 15.4 Å². The Labute approximate surface area is 224 Å². The fourth-order valence-corrected chi connectivity index (χ4v) is 5.70. The lowest BCUT2D eigenvalue weighted by molar-refractivity contribution is 0.486. The van der Waals surface area contributed by atoms with Gasteiger partial charge in [-0.1, -0.05) is 33.4 Å². The zero-order valence-corrected chi connectivity index (χ0v) is 23.3. The van der Waals surface area contributed by atoms with Gasteiger partial charge in [-0.15, -0.1) is 0 Å². The van der Waals surface area contributed by atoms with E-state index in [1.807, 2.05) is 24.3 Å². The number of nitrogens with zero attached hydrogens (tertiary/aromatic N) is 3. The summed E-state index contributed by atoms with van der Waals surface area (Å²) in [5.74, 6) is 2.21. The Morgan fingerprint density at radius 3 is 2.68 bits per heavy atom. The lowest BCUT2D eigenvalue weighted by atomic mass is 9.97. The Morgan fingerprint density at radius 1 is 1.22 bits per heavy atom. The van der Waals surface area contributed by atoms with E-state index in [1.165, 1.54) is 11.9 Å². The Bertz CT molecular complexity index is 1270. The van der Waals surface area contributed by atoms with Crippen molar-refractivity contribution >= 4 is 29.3 Å². The summed E-state index contributed by atoms with van der Waals surface area (Å²) in [5.41, 5.74) is 9.98. The first-order valence-electron chi connectivity index (χ1n) is 12.9. The van der Waals surface area contributed by atoms with Gasteiger partial charge in [0.2, 0.25) is 0 Å². The molecular formula is C30H38FN5S. The number of aromatic nitrogens is 2. The highest BCUT2D eigenvalue weighted by Gasteiger charge is 2.38. The van der Waals surface area contributed by atoms with Crippen LogP contribution in [0.2, 0.25) is 0 Å². The van der Waals surface area contributed by atoms with Gasteiger partial charge in [0.25, 0.3) is 0 Å². The summed E-state index contributed by atoms with van der Waals surface area (Å²) < 4.78 is 18.0. The van der Waals surface area contributed by atoms with Gasteiger partial charge in [-0.3, -0.25) is 0 Å². The van der Waals surface area contributed by atoms with Crippen molar-refractivity contribution < 1.29 is 4.39 Å². The van der Waals surface area contributed by atoms with E-state index < -0.39 is 0 Å². The summed E-state index contributed by atoms with van der Waals surface area (Å²) in [6, 6.07) is 14.8. The summed E-state index contributed by atoms with van der Waals surface area (Å²) >= 11 is 1.36. The Balaban J connectivity index is 1.70. The molecule has 1 aliphatic heterocycles. The molecule has 7 heteroatoms. The average Bonchev–Trinajstić information content (AvgIpc) is 3.12. The van der Waals surface area contributed by atoms with Crippen molar-refractivity contribution in [1.82, 2.24) is 14.7 Å². The maximum absolute atomic E-state index is 14.6. The van der Waals surface area contributed by atoms with Crippen LogP contribution in [0.3, 0.4) is 0 Å². The number of pyridine rings is 2. The van der Waals surface area contributed by atoms with E-state index in [2.05, 4.69) is 61.9 Å². The maximum Gasteiger partial charge on any atom is 0.139 e. The predicted octanol–water partition coefficient (Wildman–Crippen LogP) is 7.35. The van der Waals surface area contributed by atoms with Crippen LogP contribution in [0.5, 0.6) is 0 Å². The van der Waals surface area contributed by atoms with E-state index in [0.29, 0.717) is 17.7 Å². The molecule has 1 unspecified atom stereocenters. The number of nitrogens with one attached hydrogen (secondary N) is 1. The van der Waals surface area contributed by atoms with Crippen molar-refractivity contribution in [2.45, 2.75) is 64.4 Å². The van der Waals surface area contributed by atoms with Gasteiger partial charge in [-0.25, -0.2) is 14.4 Å².